The molecule has 0 spiro atoms. The Morgan fingerprint density at radius 3 is 2.21 bits per heavy atom. The minimum absolute atomic E-state index is 0.0747. The summed E-state index contributed by atoms with van der Waals surface area (Å²) in [4.78, 5) is 53.3. The van der Waals surface area contributed by atoms with Crippen LogP contribution in [-0.4, -0.2) is 75.2 Å². The van der Waals surface area contributed by atoms with Crippen molar-refractivity contribution in [2.75, 3.05) is 18.4 Å². The molecule has 1 aromatic heterocycles. The Morgan fingerprint density at radius 2 is 1.65 bits per heavy atom. The van der Waals surface area contributed by atoms with Crippen molar-refractivity contribution < 1.29 is 37.1 Å². The zero-order chi connectivity index (χ0) is 35.1. The van der Waals surface area contributed by atoms with Crippen molar-refractivity contribution in [2.45, 2.75) is 103 Å². The van der Waals surface area contributed by atoms with Gasteiger partial charge in [0.15, 0.2) is 0 Å². The average molecular weight is 675 g/mol. The number of carbonyl (C=O) groups excluding carboxylic acids is 4. The lowest BCUT2D eigenvalue weighted by molar-refractivity contribution is -0.125. The molecule has 11 nitrogen and oxygen atoms in total. The van der Waals surface area contributed by atoms with E-state index in [1.54, 1.807) is 31.5 Å². The minimum Gasteiger partial charge on any atom is -0.444 e. The number of hydrogen-bond acceptors (Lipinski definition) is 6. The Bertz CT molecular complexity index is 1540. The van der Waals surface area contributed by atoms with Gasteiger partial charge in [-0.25, -0.2) is 18.0 Å². The number of rotatable bonds is 11. The van der Waals surface area contributed by atoms with Gasteiger partial charge in [-0.3, -0.25) is 24.0 Å². The topological polar surface area (TPSA) is 135 Å². The lowest BCUT2D eigenvalue weighted by atomic mass is 9.88. The summed E-state index contributed by atoms with van der Waals surface area (Å²) >= 11 is 0. The lowest BCUT2D eigenvalue weighted by Gasteiger charge is -2.28. The van der Waals surface area contributed by atoms with Crippen LogP contribution < -0.4 is 16.0 Å². The number of anilines is 1. The number of benzene rings is 1. The molecule has 5 rings (SSSR count). The van der Waals surface area contributed by atoms with E-state index in [0.29, 0.717) is 17.5 Å². The Labute approximate surface area is 278 Å². The van der Waals surface area contributed by atoms with Crippen LogP contribution in [0.4, 0.5) is 23.7 Å². The highest BCUT2D eigenvalue weighted by Crippen LogP contribution is 2.51. The Morgan fingerprint density at radius 1 is 1.00 bits per heavy atom. The van der Waals surface area contributed by atoms with Crippen LogP contribution >= 0.6 is 0 Å². The molecular formula is C34H45F3N6O5. The van der Waals surface area contributed by atoms with Crippen LogP contribution in [0.25, 0.3) is 0 Å². The predicted octanol–water partition coefficient (Wildman–Crippen LogP) is 5.25. The van der Waals surface area contributed by atoms with Crippen LogP contribution in [0.15, 0.2) is 30.5 Å². The molecule has 0 bridgehead atoms. The highest BCUT2D eigenvalue weighted by molar-refractivity contribution is 6.01. The number of carbonyl (C=O) groups is 4. The van der Waals surface area contributed by atoms with Gasteiger partial charge in [-0.05, 0) is 109 Å². The van der Waals surface area contributed by atoms with Gasteiger partial charge in [-0.2, -0.15) is 5.10 Å². The van der Waals surface area contributed by atoms with Crippen molar-refractivity contribution in [3.05, 3.63) is 47.5 Å². The molecule has 14 heteroatoms. The second-order valence-corrected chi connectivity index (χ2v) is 14.6. The van der Waals surface area contributed by atoms with Gasteiger partial charge in [0.1, 0.15) is 29.2 Å². The third-order valence-corrected chi connectivity index (χ3v) is 9.11. The fraction of sp³-hybridized carbons (Fsp3) is 0.618. The third-order valence-electron chi connectivity index (χ3n) is 9.11. The number of amides is 4. The van der Waals surface area contributed by atoms with E-state index in [1.165, 1.54) is 25.3 Å². The van der Waals surface area contributed by atoms with Crippen molar-refractivity contribution in [1.82, 2.24) is 25.3 Å². The van der Waals surface area contributed by atoms with Crippen LogP contribution in [-0.2, 0) is 14.3 Å². The van der Waals surface area contributed by atoms with Crippen molar-refractivity contribution in [1.29, 1.82) is 0 Å². The number of hydrogen-bond donors (Lipinski definition) is 3. The normalized spacial score (nSPS) is 20.4. The van der Waals surface area contributed by atoms with E-state index in [1.807, 2.05) is 13.8 Å². The molecule has 2 saturated carbocycles. The van der Waals surface area contributed by atoms with Crippen LogP contribution in [0.5, 0.6) is 0 Å². The number of likely N-dealkylation sites (tertiary alicyclic amines) is 1. The highest BCUT2D eigenvalue weighted by atomic mass is 19.3. The fourth-order valence-corrected chi connectivity index (χ4v) is 6.31. The monoisotopic (exact) mass is 674 g/mol. The van der Waals surface area contributed by atoms with Crippen molar-refractivity contribution in [3.63, 3.8) is 0 Å². The maximum Gasteiger partial charge on any atom is 0.410 e. The van der Waals surface area contributed by atoms with E-state index in [9.17, 15) is 28.0 Å². The molecule has 1 saturated heterocycles. The van der Waals surface area contributed by atoms with Crippen molar-refractivity contribution in [2.24, 2.45) is 17.8 Å². The Kier molecular flexibility index (Phi) is 9.85. The van der Waals surface area contributed by atoms with Crippen molar-refractivity contribution >= 4 is 29.5 Å². The largest absolute Gasteiger partial charge is 0.444 e. The van der Waals surface area contributed by atoms with Gasteiger partial charge in [-0.1, -0.05) is 6.07 Å². The Balaban J connectivity index is 1.26. The van der Waals surface area contributed by atoms with E-state index < -0.39 is 72.2 Å². The highest BCUT2D eigenvalue weighted by Gasteiger charge is 2.52. The second-order valence-electron chi connectivity index (χ2n) is 14.6. The summed E-state index contributed by atoms with van der Waals surface area (Å²) in [5, 5.41) is 12.1. The summed E-state index contributed by atoms with van der Waals surface area (Å²) in [5.41, 5.74) is -0.484. The van der Waals surface area contributed by atoms with Gasteiger partial charge in [0.25, 0.3) is 11.8 Å². The number of nitrogens with zero attached hydrogens (tertiary/aromatic N) is 3. The molecule has 0 radical (unpaired) electrons. The van der Waals surface area contributed by atoms with Crippen LogP contribution in [0, 0.1) is 23.6 Å². The summed E-state index contributed by atoms with van der Waals surface area (Å²) in [6.07, 6.45) is 4.45. The molecule has 1 aromatic carbocycles. The minimum atomic E-state index is -3.40. The summed E-state index contributed by atoms with van der Waals surface area (Å²) in [6, 6.07) is 2.80. The first-order chi connectivity index (χ1) is 22.4. The first-order valence-corrected chi connectivity index (χ1v) is 16.6. The zero-order valence-corrected chi connectivity index (χ0v) is 28.2. The van der Waals surface area contributed by atoms with Crippen LogP contribution in [0.3, 0.4) is 0 Å². The molecule has 1 unspecified atom stereocenters. The summed E-state index contributed by atoms with van der Waals surface area (Å²) in [7, 11) is 0. The van der Waals surface area contributed by atoms with Gasteiger partial charge >= 0.3 is 6.09 Å². The van der Waals surface area contributed by atoms with E-state index in [2.05, 4.69) is 21.0 Å². The quantitative estimate of drug-likeness (QED) is 0.298. The second kappa shape index (κ2) is 13.4. The SMILES string of the molecule is CC(C)n1nccc1C(=O)N[C@H](C(=O)Nc1ccc([C@H](C)C(=O)NC2CN(C(=O)OC(C)(C)C)CC2(F)F)cc1F)C(C1CC1)C1CC1. The van der Waals surface area contributed by atoms with E-state index in [-0.39, 0.29) is 23.2 Å². The van der Waals surface area contributed by atoms with Crippen LogP contribution in [0.1, 0.15) is 95.2 Å². The van der Waals surface area contributed by atoms with E-state index >= 15 is 4.39 Å². The number of alkyl halides is 2. The van der Waals surface area contributed by atoms with Gasteiger partial charge in [-0.15, -0.1) is 0 Å². The molecule has 3 atom stereocenters. The molecule has 4 amide bonds. The first kappa shape index (κ1) is 35.2. The predicted molar refractivity (Wildman–Crippen MR) is 171 cm³/mol. The summed E-state index contributed by atoms with van der Waals surface area (Å²) in [6.45, 7) is 8.75. The third kappa shape index (κ3) is 8.12. The molecule has 3 N–H and O–H groups in total. The van der Waals surface area contributed by atoms with E-state index in [0.717, 1.165) is 36.6 Å². The molecular weight excluding hydrogens is 629 g/mol. The molecule has 3 aliphatic rings. The molecule has 2 aromatic rings. The smallest absolute Gasteiger partial charge is 0.410 e. The lowest BCUT2D eigenvalue weighted by Crippen LogP contribution is -2.50. The molecule has 3 fully saturated rings. The molecule has 1 aliphatic heterocycles. The van der Waals surface area contributed by atoms with Crippen LogP contribution in [0.2, 0.25) is 0 Å². The molecule has 48 heavy (non-hydrogen) atoms. The summed E-state index contributed by atoms with van der Waals surface area (Å²) in [5.74, 6) is -6.51. The zero-order valence-electron chi connectivity index (χ0n) is 28.2. The van der Waals surface area contributed by atoms with Gasteiger partial charge in [0, 0.05) is 12.2 Å². The maximum absolute atomic E-state index is 15.4. The number of nitrogens with one attached hydrogen (secondary N) is 3. The van der Waals surface area contributed by atoms with Crippen molar-refractivity contribution in [3.8, 4) is 0 Å². The van der Waals surface area contributed by atoms with Gasteiger partial charge in [0.05, 0.1) is 24.7 Å². The number of halogens is 3. The maximum atomic E-state index is 15.4. The number of aromatic nitrogens is 2. The molecule has 2 aliphatic carbocycles. The number of ether oxygens (including phenoxy) is 1. The average Bonchev–Trinajstić information content (AvgIpc) is 3.93. The standard InChI is InChI=1S/C34H45F3N6O5/c1-18(2)43-25(13-14-38-43)30(45)41-28(27(20-7-8-20)21-9-10-21)31(46)39-24-12-11-22(15-23(24)35)19(3)29(44)40-26-16-42(17-34(26,36)37)32(47)48-33(4,5)6/h11-15,18-21,26-28H,7-10,16-17H2,1-6H3,(H,39,46)(H,40,44)(H,41,45)/t19-,26?,28-/m0/s1. The fourth-order valence-electron chi connectivity index (χ4n) is 6.31. The van der Waals surface area contributed by atoms with Gasteiger partial charge in [0.2, 0.25) is 11.8 Å². The molecule has 2 heterocycles. The Hall–Kier alpha value is -4.10. The van der Waals surface area contributed by atoms with Gasteiger partial charge < -0.3 is 20.7 Å². The first-order valence-electron chi connectivity index (χ1n) is 16.6. The van der Waals surface area contributed by atoms with E-state index in [4.69, 9.17) is 4.74 Å². The molecule has 262 valence electrons. The summed E-state index contributed by atoms with van der Waals surface area (Å²) < 4.78 is 51.7.